The molecule has 0 fully saturated rings. The molecule has 0 amide bonds. The van der Waals surface area contributed by atoms with Gasteiger partial charge >= 0.3 is 0 Å². The van der Waals surface area contributed by atoms with Gasteiger partial charge < -0.3 is 0 Å². The number of rotatable bonds is 0. The highest BCUT2D eigenvalue weighted by atomic mass is 14.2. The minimum Gasteiger partial charge on any atom is -0.0882 e. The Morgan fingerprint density at radius 1 is 0.800 bits per heavy atom. The van der Waals surface area contributed by atoms with E-state index in [1.165, 1.54) is 25.7 Å². The Kier molecular flexibility index (Phi) is 1.62. The minimum absolute atomic E-state index is 0.888. The van der Waals surface area contributed by atoms with Crippen LogP contribution in [0.2, 0.25) is 0 Å². The summed E-state index contributed by atoms with van der Waals surface area (Å²) in [7, 11) is 0. The zero-order chi connectivity index (χ0) is 6.81. The summed E-state index contributed by atoms with van der Waals surface area (Å²) in [6.45, 7) is 0. The molecule has 2 rings (SSSR count). The predicted octanol–water partition coefficient (Wildman–Crippen LogP) is 2.92. The molecule has 0 N–H and O–H groups in total. The third-order valence-electron chi connectivity index (χ3n) is 2.65. The van der Waals surface area contributed by atoms with E-state index in [-0.39, 0.29) is 0 Å². The van der Waals surface area contributed by atoms with Crippen molar-refractivity contribution in [3.63, 3.8) is 0 Å². The summed E-state index contributed by atoms with van der Waals surface area (Å²) in [5, 5.41) is 0. The molecule has 0 saturated carbocycles. The smallest absolute Gasteiger partial charge is 0.0167 e. The van der Waals surface area contributed by atoms with E-state index in [1.807, 2.05) is 0 Å². The lowest BCUT2D eigenvalue weighted by Crippen LogP contribution is -2.15. The van der Waals surface area contributed by atoms with Crippen molar-refractivity contribution in [1.82, 2.24) is 0 Å². The molecule has 0 aliphatic heterocycles. The Hall–Kier alpha value is -0.520. The number of allylic oxidation sites excluding steroid dienone is 4. The standard InChI is InChI=1S/C10H14/c1-2-6-10-8-4-3-7-9(10)5-1/h1,4-5,8-10H,2-3,6-7H2. The van der Waals surface area contributed by atoms with Crippen LogP contribution in [-0.4, -0.2) is 0 Å². The van der Waals surface area contributed by atoms with Crippen molar-refractivity contribution < 1.29 is 0 Å². The van der Waals surface area contributed by atoms with Gasteiger partial charge in [0.25, 0.3) is 0 Å². The fraction of sp³-hybridized carbons (Fsp3) is 0.600. The minimum atomic E-state index is 0.888. The quantitative estimate of drug-likeness (QED) is 0.447. The first-order valence-electron chi connectivity index (χ1n) is 4.30. The molecule has 54 valence electrons. The van der Waals surface area contributed by atoms with Crippen LogP contribution in [0.1, 0.15) is 25.7 Å². The maximum Gasteiger partial charge on any atom is -0.0167 e. The van der Waals surface area contributed by atoms with E-state index in [0.29, 0.717) is 0 Å². The lowest BCUT2D eigenvalue weighted by atomic mass is 9.78. The van der Waals surface area contributed by atoms with E-state index in [2.05, 4.69) is 24.3 Å². The average molecular weight is 134 g/mol. The van der Waals surface area contributed by atoms with Crippen LogP contribution >= 0.6 is 0 Å². The topological polar surface area (TPSA) is 0 Å². The van der Waals surface area contributed by atoms with E-state index in [1.54, 1.807) is 0 Å². The monoisotopic (exact) mass is 134 g/mol. The molecule has 2 aliphatic carbocycles. The maximum atomic E-state index is 2.41. The third-order valence-corrected chi connectivity index (χ3v) is 2.65. The Morgan fingerprint density at radius 3 is 1.80 bits per heavy atom. The summed E-state index contributed by atoms with van der Waals surface area (Å²) in [5.41, 5.74) is 0. The molecule has 0 aromatic rings. The summed E-state index contributed by atoms with van der Waals surface area (Å²) in [6, 6.07) is 0. The lowest BCUT2D eigenvalue weighted by Gasteiger charge is -2.27. The maximum absolute atomic E-state index is 2.41. The summed E-state index contributed by atoms with van der Waals surface area (Å²) in [6.07, 6.45) is 14.9. The molecule has 0 aromatic carbocycles. The number of hydrogen-bond donors (Lipinski definition) is 0. The molecule has 0 spiro atoms. The van der Waals surface area contributed by atoms with Gasteiger partial charge in [0.1, 0.15) is 0 Å². The molecule has 0 bridgehead atoms. The highest BCUT2D eigenvalue weighted by molar-refractivity contribution is 5.07. The van der Waals surface area contributed by atoms with Gasteiger partial charge in [-0.25, -0.2) is 0 Å². The van der Waals surface area contributed by atoms with Crippen LogP contribution < -0.4 is 0 Å². The van der Waals surface area contributed by atoms with Crippen molar-refractivity contribution in [2.75, 3.05) is 0 Å². The first-order chi connectivity index (χ1) is 4.97. The van der Waals surface area contributed by atoms with Crippen LogP contribution in [0.4, 0.5) is 0 Å². The first kappa shape index (κ1) is 6.21. The van der Waals surface area contributed by atoms with Gasteiger partial charge in [-0.2, -0.15) is 0 Å². The van der Waals surface area contributed by atoms with Gasteiger partial charge in [0, 0.05) is 0 Å². The van der Waals surface area contributed by atoms with Gasteiger partial charge in [-0.15, -0.1) is 0 Å². The molecule has 0 aromatic heterocycles. The van der Waals surface area contributed by atoms with Gasteiger partial charge in [0.15, 0.2) is 0 Å². The van der Waals surface area contributed by atoms with E-state index in [9.17, 15) is 0 Å². The third kappa shape index (κ3) is 1.03. The average Bonchev–Trinajstić information content (AvgIpc) is 2.05. The Bertz CT molecular complexity index is 145. The zero-order valence-electron chi connectivity index (χ0n) is 6.29. The highest BCUT2D eigenvalue weighted by Crippen LogP contribution is 2.32. The van der Waals surface area contributed by atoms with E-state index in [0.717, 1.165) is 11.8 Å². The fourth-order valence-corrected chi connectivity index (χ4v) is 2.03. The van der Waals surface area contributed by atoms with Crippen LogP contribution in [0, 0.1) is 11.8 Å². The number of fused-ring (bicyclic) bond motifs is 1. The van der Waals surface area contributed by atoms with E-state index >= 15 is 0 Å². The second-order valence-corrected chi connectivity index (χ2v) is 3.34. The summed E-state index contributed by atoms with van der Waals surface area (Å²) < 4.78 is 0. The molecular formula is C10H14. The van der Waals surface area contributed by atoms with Crippen LogP contribution in [-0.2, 0) is 0 Å². The van der Waals surface area contributed by atoms with Crippen LogP contribution in [0.15, 0.2) is 24.3 Å². The van der Waals surface area contributed by atoms with Gasteiger partial charge in [-0.3, -0.25) is 0 Å². The van der Waals surface area contributed by atoms with Crippen molar-refractivity contribution in [3.8, 4) is 0 Å². The Balaban J connectivity index is 2.14. The van der Waals surface area contributed by atoms with Crippen molar-refractivity contribution in [2.24, 2.45) is 11.8 Å². The van der Waals surface area contributed by atoms with Crippen molar-refractivity contribution in [3.05, 3.63) is 24.3 Å². The lowest BCUT2D eigenvalue weighted by molar-refractivity contribution is 0.391. The van der Waals surface area contributed by atoms with Gasteiger partial charge in [-0.1, -0.05) is 24.3 Å². The summed E-state index contributed by atoms with van der Waals surface area (Å²) >= 11 is 0. The van der Waals surface area contributed by atoms with Crippen LogP contribution in [0.3, 0.4) is 0 Å². The highest BCUT2D eigenvalue weighted by Gasteiger charge is 2.20. The molecule has 2 atom stereocenters. The molecule has 0 heterocycles. The normalized spacial score (nSPS) is 37.6. The SMILES string of the molecule is C1=CC2CCC=CC2CC1. The van der Waals surface area contributed by atoms with Crippen molar-refractivity contribution >= 4 is 0 Å². The summed E-state index contributed by atoms with van der Waals surface area (Å²) in [5.74, 6) is 1.78. The van der Waals surface area contributed by atoms with Gasteiger partial charge in [0.05, 0.1) is 0 Å². The molecule has 2 unspecified atom stereocenters. The summed E-state index contributed by atoms with van der Waals surface area (Å²) in [4.78, 5) is 0. The molecule has 0 radical (unpaired) electrons. The molecule has 2 aliphatic rings. The van der Waals surface area contributed by atoms with Gasteiger partial charge in [0.2, 0.25) is 0 Å². The first-order valence-corrected chi connectivity index (χ1v) is 4.30. The largest absolute Gasteiger partial charge is 0.0882 e. The fourth-order valence-electron chi connectivity index (χ4n) is 2.03. The zero-order valence-corrected chi connectivity index (χ0v) is 6.29. The Morgan fingerprint density at radius 2 is 1.30 bits per heavy atom. The van der Waals surface area contributed by atoms with E-state index in [4.69, 9.17) is 0 Å². The number of hydrogen-bond acceptors (Lipinski definition) is 0. The van der Waals surface area contributed by atoms with Crippen molar-refractivity contribution in [1.29, 1.82) is 0 Å². The van der Waals surface area contributed by atoms with Crippen molar-refractivity contribution in [2.45, 2.75) is 25.7 Å². The second kappa shape index (κ2) is 2.61. The molecule has 10 heavy (non-hydrogen) atoms. The second-order valence-electron chi connectivity index (χ2n) is 3.34. The Labute approximate surface area is 62.6 Å². The van der Waals surface area contributed by atoms with Crippen LogP contribution in [0.5, 0.6) is 0 Å². The van der Waals surface area contributed by atoms with Gasteiger partial charge in [-0.05, 0) is 37.5 Å². The predicted molar refractivity (Wildman–Crippen MR) is 43.7 cm³/mol. The molecule has 0 saturated heterocycles. The molecular weight excluding hydrogens is 120 g/mol. The van der Waals surface area contributed by atoms with E-state index < -0.39 is 0 Å². The van der Waals surface area contributed by atoms with Crippen LogP contribution in [0.25, 0.3) is 0 Å². The molecule has 0 nitrogen and oxygen atoms in total. The molecule has 0 heteroatoms.